The van der Waals surface area contributed by atoms with E-state index in [2.05, 4.69) is 5.32 Å². The number of aryl methyl sites for hydroxylation is 4. The topological polar surface area (TPSA) is 75.6 Å². The van der Waals surface area contributed by atoms with Crippen molar-refractivity contribution in [2.75, 3.05) is 5.32 Å². The van der Waals surface area contributed by atoms with Gasteiger partial charge in [-0.3, -0.25) is 4.79 Å². The van der Waals surface area contributed by atoms with E-state index in [-0.39, 0.29) is 11.3 Å². The second-order valence-corrected chi connectivity index (χ2v) is 6.28. The molecule has 0 aliphatic heterocycles. The molecule has 5 heteroatoms. The van der Waals surface area contributed by atoms with Crippen molar-refractivity contribution in [3.63, 3.8) is 0 Å². The molecule has 0 bridgehead atoms. The average molecular weight is 341 g/mol. The number of esters is 1. The molecule has 0 saturated heterocycles. The highest BCUT2D eigenvalue weighted by atomic mass is 16.5. The predicted molar refractivity (Wildman–Crippen MR) is 97.0 cm³/mol. The molecule has 132 valence electrons. The molecule has 5 nitrogen and oxygen atoms in total. The molecule has 2 aromatic rings. The fraction of sp³-hybridized carbons (Fsp3) is 0.300. The van der Waals surface area contributed by atoms with E-state index in [9.17, 15) is 14.7 Å². The van der Waals surface area contributed by atoms with Gasteiger partial charge < -0.3 is 15.2 Å². The molecule has 1 atom stereocenters. The van der Waals surface area contributed by atoms with Gasteiger partial charge >= 0.3 is 5.97 Å². The first-order valence-electron chi connectivity index (χ1n) is 8.09. The van der Waals surface area contributed by atoms with Crippen LogP contribution < -0.4 is 5.32 Å². The van der Waals surface area contributed by atoms with Crippen molar-refractivity contribution in [2.24, 2.45) is 0 Å². The van der Waals surface area contributed by atoms with Gasteiger partial charge in [-0.15, -0.1) is 0 Å². The van der Waals surface area contributed by atoms with Crippen molar-refractivity contribution in [1.82, 2.24) is 0 Å². The van der Waals surface area contributed by atoms with Gasteiger partial charge in [-0.1, -0.05) is 29.8 Å². The van der Waals surface area contributed by atoms with Gasteiger partial charge in [0.05, 0.1) is 0 Å². The van der Waals surface area contributed by atoms with Gasteiger partial charge in [0.25, 0.3) is 5.91 Å². The first-order chi connectivity index (χ1) is 11.7. The van der Waals surface area contributed by atoms with Gasteiger partial charge in [0.15, 0.2) is 6.10 Å². The molecule has 0 spiro atoms. The summed E-state index contributed by atoms with van der Waals surface area (Å²) in [6.07, 6.45) is -0.993. The summed E-state index contributed by atoms with van der Waals surface area (Å²) in [6.45, 7) is 9.00. The van der Waals surface area contributed by atoms with Crippen LogP contribution in [0.5, 0.6) is 5.75 Å². The SMILES string of the molecule is Cc1cc(C)c(NC(=O)[C@@H](C)OC(=O)c2cccc(C)c2O)c(C)c1. The number of hydrogen-bond donors (Lipinski definition) is 2. The minimum Gasteiger partial charge on any atom is -0.507 e. The lowest BCUT2D eigenvalue weighted by Gasteiger charge is -2.17. The van der Waals surface area contributed by atoms with Crippen LogP contribution in [0.15, 0.2) is 30.3 Å². The molecule has 1 amide bonds. The molecule has 0 unspecified atom stereocenters. The summed E-state index contributed by atoms with van der Waals surface area (Å²) >= 11 is 0. The summed E-state index contributed by atoms with van der Waals surface area (Å²) in [5.41, 5.74) is 4.33. The molecule has 0 fully saturated rings. The van der Waals surface area contributed by atoms with Crippen LogP contribution in [0.1, 0.15) is 39.5 Å². The van der Waals surface area contributed by atoms with Crippen LogP contribution in [0.2, 0.25) is 0 Å². The standard InChI is InChI=1S/C20H23NO4/c1-11-9-13(3)17(14(4)10-11)21-19(23)15(5)25-20(24)16-8-6-7-12(2)18(16)22/h6-10,15,22H,1-5H3,(H,21,23)/t15-/m1/s1. The van der Waals surface area contributed by atoms with Gasteiger partial charge in [-0.2, -0.15) is 0 Å². The number of carbonyl (C=O) groups excluding carboxylic acids is 2. The number of nitrogens with one attached hydrogen (secondary N) is 1. The molecule has 0 saturated carbocycles. The van der Waals surface area contributed by atoms with Gasteiger partial charge in [0, 0.05) is 5.69 Å². The Kier molecular flexibility index (Phi) is 5.47. The zero-order chi connectivity index (χ0) is 18.7. The predicted octanol–water partition coefficient (Wildman–Crippen LogP) is 3.81. The largest absolute Gasteiger partial charge is 0.507 e. The highest BCUT2D eigenvalue weighted by Crippen LogP contribution is 2.24. The summed E-state index contributed by atoms with van der Waals surface area (Å²) in [7, 11) is 0. The first kappa shape index (κ1) is 18.5. The van der Waals surface area contributed by atoms with E-state index in [4.69, 9.17) is 4.74 Å². The van der Waals surface area contributed by atoms with Gasteiger partial charge in [0.2, 0.25) is 0 Å². The zero-order valence-corrected chi connectivity index (χ0v) is 15.1. The Labute approximate surface area is 147 Å². The van der Waals surface area contributed by atoms with E-state index in [1.807, 2.05) is 32.9 Å². The molecule has 0 aliphatic rings. The normalized spacial score (nSPS) is 11.7. The van der Waals surface area contributed by atoms with Gasteiger partial charge in [0.1, 0.15) is 11.3 Å². The number of carbonyl (C=O) groups is 2. The lowest BCUT2D eigenvalue weighted by Crippen LogP contribution is -2.30. The fourth-order valence-corrected chi connectivity index (χ4v) is 2.70. The number of benzene rings is 2. The summed E-state index contributed by atoms with van der Waals surface area (Å²) < 4.78 is 5.20. The second kappa shape index (κ2) is 7.38. The van der Waals surface area contributed by atoms with Crippen LogP contribution in [0.25, 0.3) is 0 Å². The van der Waals surface area contributed by atoms with E-state index < -0.39 is 18.0 Å². The van der Waals surface area contributed by atoms with Crippen LogP contribution >= 0.6 is 0 Å². The Morgan fingerprint density at radius 2 is 1.64 bits per heavy atom. The monoisotopic (exact) mass is 341 g/mol. The lowest BCUT2D eigenvalue weighted by molar-refractivity contribution is -0.123. The van der Waals surface area contributed by atoms with Crippen molar-refractivity contribution in [3.8, 4) is 5.75 Å². The molecule has 2 aromatic carbocycles. The third kappa shape index (κ3) is 4.18. The van der Waals surface area contributed by atoms with Gasteiger partial charge in [-0.05, 0) is 57.4 Å². The minimum atomic E-state index is -0.993. The molecule has 25 heavy (non-hydrogen) atoms. The molecule has 0 aromatic heterocycles. The van der Waals surface area contributed by atoms with Crippen molar-refractivity contribution >= 4 is 17.6 Å². The van der Waals surface area contributed by atoms with E-state index in [1.165, 1.54) is 13.0 Å². The lowest BCUT2D eigenvalue weighted by atomic mass is 10.0. The van der Waals surface area contributed by atoms with E-state index in [1.54, 1.807) is 19.1 Å². The van der Waals surface area contributed by atoms with Crippen LogP contribution in [0, 0.1) is 27.7 Å². The summed E-state index contributed by atoms with van der Waals surface area (Å²) in [5, 5.41) is 12.8. The average Bonchev–Trinajstić information content (AvgIpc) is 2.52. The molecule has 2 rings (SSSR count). The summed E-state index contributed by atoms with van der Waals surface area (Å²) in [4.78, 5) is 24.6. The Bertz CT molecular complexity index is 803. The number of phenols is 1. The van der Waals surface area contributed by atoms with E-state index in [0.717, 1.165) is 22.4 Å². The molecule has 0 aliphatic carbocycles. The van der Waals surface area contributed by atoms with E-state index >= 15 is 0 Å². The molecule has 0 heterocycles. The highest BCUT2D eigenvalue weighted by Gasteiger charge is 2.22. The quantitative estimate of drug-likeness (QED) is 0.829. The van der Waals surface area contributed by atoms with Crippen LogP contribution in [0.3, 0.4) is 0 Å². The molecule has 0 radical (unpaired) electrons. The zero-order valence-electron chi connectivity index (χ0n) is 15.1. The number of hydrogen-bond acceptors (Lipinski definition) is 4. The van der Waals surface area contributed by atoms with Crippen LogP contribution in [-0.2, 0) is 9.53 Å². The molecular weight excluding hydrogens is 318 g/mol. The first-order valence-corrected chi connectivity index (χ1v) is 8.09. The number of phenolic OH excluding ortho intramolecular Hbond substituents is 1. The maximum atomic E-state index is 12.4. The number of aromatic hydroxyl groups is 1. The van der Waals surface area contributed by atoms with Crippen LogP contribution in [-0.4, -0.2) is 23.1 Å². The Morgan fingerprint density at radius 1 is 1.04 bits per heavy atom. The Morgan fingerprint density at radius 3 is 2.24 bits per heavy atom. The maximum absolute atomic E-state index is 12.4. The molecular formula is C20H23NO4. The summed E-state index contributed by atoms with van der Waals surface area (Å²) in [6, 6.07) is 8.75. The molecule has 2 N–H and O–H groups in total. The smallest absolute Gasteiger partial charge is 0.342 e. The number of amides is 1. The van der Waals surface area contributed by atoms with Crippen LogP contribution in [0.4, 0.5) is 5.69 Å². The van der Waals surface area contributed by atoms with Gasteiger partial charge in [-0.25, -0.2) is 4.79 Å². The van der Waals surface area contributed by atoms with Crippen molar-refractivity contribution in [2.45, 2.75) is 40.7 Å². The highest BCUT2D eigenvalue weighted by molar-refractivity contribution is 5.99. The van der Waals surface area contributed by atoms with E-state index in [0.29, 0.717) is 5.56 Å². The number of ether oxygens (including phenoxy) is 1. The third-order valence-corrected chi connectivity index (χ3v) is 4.04. The minimum absolute atomic E-state index is 0.0438. The fourth-order valence-electron chi connectivity index (χ4n) is 2.70. The maximum Gasteiger partial charge on any atom is 0.342 e. The third-order valence-electron chi connectivity index (χ3n) is 4.04. The van der Waals surface area contributed by atoms with Crippen molar-refractivity contribution in [1.29, 1.82) is 0 Å². The Hall–Kier alpha value is -2.82. The number of anilines is 1. The number of para-hydroxylation sites is 1. The summed E-state index contributed by atoms with van der Waals surface area (Å²) in [5.74, 6) is -1.29. The number of rotatable bonds is 4. The van der Waals surface area contributed by atoms with Crippen molar-refractivity contribution in [3.05, 3.63) is 58.1 Å². The van der Waals surface area contributed by atoms with Crippen molar-refractivity contribution < 1.29 is 19.4 Å². The second-order valence-electron chi connectivity index (χ2n) is 6.28. The Balaban J connectivity index is 2.11.